The predicted molar refractivity (Wildman–Crippen MR) is 88.7 cm³/mol. The van der Waals surface area contributed by atoms with Gasteiger partial charge in [-0.2, -0.15) is 0 Å². The lowest BCUT2D eigenvalue weighted by Gasteiger charge is -2.36. The molecule has 0 spiro atoms. The predicted octanol–water partition coefficient (Wildman–Crippen LogP) is 3.22. The average Bonchev–Trinajstić information content (AvgIpc) is 2.93. The summed E-state index contributed by atoms with van der Waals surface area (Å²) in [7, 11) is 1.63. The second-order valence-electron chi connectivity index (χ2n) is 6.07. The molecule has 0 bridgehead atoms. The monoisotopic (exact) mass is 317 g/mol. The third-order valence-corrected chi connectivity index (χ3v) is 4.57. The third-order valence-electron chi connectivity index (χ3n) is 4.57. The Morgan fingerprint density at radius 2 is 2.22 bits per heavy atom. The van der Waals surface area contributed by atoms with Gasteiger partial charge in [0, 0.05) is 12.5 Å². The molecule has 6 nitrogen and oxygen atoms in total. The SMILES string of the molecule is CO/C=C\CC1Nc2nc(C(=O)O)ccc2N1C1CCCCC1. The molecule has 6 heteroatoms. The van der Waals surface area contributed by atoms with Crippen molar-refractivity contribution >= 4 is 17.5 Å². The molecule has 1 atom stereocenters. The molecule has 2 aliphatic rings. The molecular weight excluding hydrogens is 294 g/mol. The van der Waals surface area contributed by atoms with Crippen LogP contribution in [0.25, 0.3) is 0 Å². The fourth-order valence-electron chi connectivity index (χ4n) is 3.54. The Hall–Kier alpha value is -2.24. The van der Waals surface area contributed by atoms with E-state index in [9.17, 15) is 4.79 Å². The number of anilines is 2. The van der Waals surface area contributed by atoms with E-state index in [-0.39, 0.29) is 11.9 Å². The smallest absolute Gasteiger partial charge is 0.354 e. The van der Waals surface area contributed by atoms with Crippen LogP contribution >= 0.6 is 0 Å². The zero-order valence-electron chi connectivity index (χ0n) is 13.4. The number of pyridine rings is 1. The molecule has 1 unspecified atom stereocenters. The van der Waals surface area contributed by atoms with E-state index in [4.69, 9.17) is 9.84 Å². The van der Waals surface area contributed by atoms with Crippen molar-refractivity contribution in [3.05, 3.63) is 30.2 Å². The first-order valence-electron chi connectivity index (χ1n) is 8.17. The van der Waals surface area contributed by atoms with Gasteiger partial charge in [-0.1, -0.05) is 19.3 Å². The largest absolute Gasteiger partial charge is 0.505 e. The van der Waals surface area contributed by atoms with E-state index in [2.05, 4.69) is 15.2 Å². The molecule has 1 aliphatic heterocycles. The molecule has 0 amide bonds. The molecule has 0 radical (unpaired) electrons. The first-order valence-corrected chi connectivity index (χ1v) is 8.17. The molecule has 1 saturated carbocycles. The first kappa shape index (κ1) is 15.6. The molecule has 1 aromatic heterocycles. The highest BCUT2D eigenvalue weighted by Crippen LogP contribution is 2.39. The van der Waals surface area contributed by atoms with Gasteiger partial charge in [-0.3, -0.25) is 0 Å². The average molecular weight is 317 g/mol. The number of hydrogen-bond donors (Lipinski definition) is 2. The van der Waals surface area contributed by atoms with Gasteiger partial charge in [-0.25, -0.2) is 9.78 Å². The third kappa shape index (κ3) is 3.25. The molecule has 124 valence electrons. The number of aromatic carboxylic acids is 1. The lowest BCUT2D eigenvalue weighted by molar-refractivity contribution is 0.0690. The first-order chi connectivity index (χ1) is 11.2. The van der Waals surface area contributed by atoms with Gasteiger partial charge in [0.1, 0.15) is 6.17 Å². The number of hydrogen-bond acceptors (Lipinski definition) is 5. The van der Waals surface area contributed by atoms with Crippen LogP contribution in [0.3, 0.4) is 0 Å². The number of nitrogens with zero attached hydrogens (tertiary/aromatic N) is 2. The van der Waals surface area contributed by atoms with E-state index < -0.39 is 5.97 Å². The van der Waals surface area contributed by atoms with E-state index in [1.54, 1.807) is 19.4 Å². The molecule has 1 aliphatic carbocycles. The molecule has 1 aromatic rings. The van der Waals surface area contributed by atoms with Gasteiger partial charge in [0.15, 0.2) is 11.5 Å². The second kappa shape index (κ2) is 6.89. The van der Waals surface area contributed by atoms with E-state index in [1.165, 1.54) is 32.1 Å². The van der Waals surface area contributed by atoms with Crippen molar-refractivity contribution in [2.24, 2.45) is 0 Å². The Balaban J connectivity index is 1.88. The van der Waals surface area contributed by atoms with Gasteiger partial charge < -0.3 is 20.1 Å². The van der Waals surface area contributed by atoms with Gasteiger partial charge in [0.25, 0.3) is 0 Å². The van der Waals surface area contributed by atoms with Crippen molar-refractivity contribution in [1.82, 2.24) is 4.98 Å². The molecule has 1 fully saturated rings. The molecule has 0 aromatic carbocycles. The van der Waals surface area contributed by atoms with Gasteiger partial charge >= 0.3 is 5.97 Å². The van der Waals surface area contributed by atoms with Crippen molar-refractivity contribution in [3.8, 4) is 0 Å². The number of aromatic nitrogens is 1. The highest BCUT2D eigenvalue weighted by atomic mass is 16.5. The Morgan fingerprint density at radius 1 is 1.43 bits per heavy atom. The highest BCUT2D eigenvalue weighted by Gasteiger charge is 2.35. The summed E-state index contributed by atoms with van der Waals surface area (Å²) in [6.07, 6.45) is 10.7. The minimum absolute atomic E-state index is 0.0768. The van der Waals surface area contributed by atoms with Crippen LogP contribution in [0.15, 0.2) is 24.5 Å². The highest BCUT2D eigenvalue weighted by molar-refractivity contribution is 5.88. The number of carboxylic acid groups (broad SMARTS) is 1. The summed E-state index contributed by atoms with van der Waals surface area (Å²) < 4.78 is 4.99. The Morgan fingerprint density at radius 3 is 2.91 bits per heavy atom. The molecule has 2 N–H and O–H groups in total. The van der Waals surface area contributed by atoms with Crippen LogP contribution in [-0.4, -0.2) is 35.4 Å². The maximum atomic E-state index is 11.1. The van der Waals surface area contributed by atoms with Gasteiger partial charge in [0.2, 0.25) is 0 Å². The minimum Gasteiger partial charge on any atom is -0.505 e. The quantitative estimate of drug-likeness (QED) is 0.812. The summed E-state index contributed by atoms with van der Waals surface area (Å²) in [5, 5.41) is 12.5. The van der Waals surface area contributed by atoms with Gasteiger partial charge in [-0.05, 0) is 31.1 Å². The number of rotatable bonds is 5. The Bertz CT molecular complexity index is 597. The van der Waals surface area contributed by atoms with E-state index in [0.29, 0.717) is 11.9 Å². The normalized spacial score (nSPS) is 21.3. The number of ether oxygens (including phenoxy) is 1. The van der Waals surface area contributed by atoms with Gasteiger partial charge in [0.05, 0.1) is 19.1 Å². The van der Waals surface area contributed by atoms with Crippen LogP contribution in [0, 0.1) is 0 Å². The maximum absolute atomic E-state index is 11.1. The summed E-state index contributed by atoms with van der Waals surface area (Å²) in [6.45, 7) is 0. The van der Waals surface area contributed by atoms with Gasteiger partial charge in [-0.15, -0.1) is 0 Å². The van der Waals surface area contributed by atoms with Crippen molar-refractivity contribution in [3.63, 3.8) is 0 Å². The number of fused-ring (bicyclic) bond motifs is 1. The zero-order valence-corrected chi connectivity index (χ0v) is 13.4. The summed E-state index contributed by atoms with van der Waals surface area (Å²) in [5.41, 5.74) is 1.09. The van der Waals surface area contributed by atoms with Crippen molar-refractivity contribution < 1.29 is 14.6 Å². The summed E-state index contributed by atoms with van der Waals surface area (Å²) >= 11 is 0. The fourth-order valence-corrected chi connectivity index (χ4v) is 3.54. The Labute approximate surface area is 136 Å². The number of carbonyl (C=O) groups is 1. The van der Waals surface area contributed by atoms with Crippen LogP contribution in [0.2, 0.25) is 0 Å². The number of methoxy groups -OCH3 is 1. The number of nitrogens with one attached hydrogen (secondary N) is 1. The topological polar surface area (TPSA) is 74.7 Å². The van der Waals surface area contributed by atoms with Crippen molar-refractivity contribution in [2.75, 3.05) is 17.3 Å². The van der Waals surface area contributed by atoms with E-state index in [0.717, 1.165) is 12.1 Å². The Kier molecular flexibility index (Phi) is 4.69. The minimum atomic E-state index is -0.999. The maximum Gasteiger partial charge on any atom is 0.354 e. The van der Waals surface area contributed by atoms with E-state index >= 15 is 0 Å². The molecular formula is C17H23N3O3. The van der Waals surface area contributed by atoms with Crippen LogP contribution in [0.4, 0.5) is 11.5 Å². The van der Waals surface area contributed by atoms with Crippen molar-refractivity contribution in [1.29, 1.82) is 0 Å². The number of carboxylic acids is 1. The lowest BCUT2D eigenvalue weighted by Crippen LogP contribution is -2.44. The summed E-state index contributed by atoms with van der Waals surface area (Å²) in [6, 6.07) is 3.95. The molecule has 2 heterocycles. The van der Waals surface area contributed by atoms with Crippen molar-refractivity contribution in [2.45, 2.75) is 50.7 Å². The molecule has 23 heavy (non-hydrogen) atoms. The summed E-state index contributed by atoms with van der Waals surface area (Å²) in [5.74, 6) is -0.326. The molecule has 3 rings (SSSR count). The fraction of sp³-hybridized carbons (Fsp3) is 0.529. The summed E-state index contributed by atoms with van der Waals surface area (Å²) in [4.78, 5) is 17.8. The zero-order chi connectivity index (χ0) is 16.2. The standard InChI is InChI=1S/C17H23N3O3/c1-23-11-5-8-15-19-16-14(10-9-13(18-16)17(21)22)20(15)12-6-3-2-4-7-12/h5,9-12,15H,2-4,6-8H2,1H3,(H,18,19)(H,21,22)/b11-5-. The second-order valence-corrected chi connectivity index (χ2v) is 6.07. The van der Waals surface area contributed by atoms with Crippen LogP contribution in [0.5, 0.6) is 0 Å². The van der Waals surface area contributed by atoms with Crippen LogP contribution in [0.1, 0.15) is 49.0 Å². The van der Waals surface area contributed by atoms with Crippen LogP contribution < -0.4 is 10.2 Å². The van der Waals surface area contributed by atoms with Crippen LogP contribution in [-0.2, 0) is 4.74 Å². The van der Waals surface area contributed by atoms with E-state index in [1.807, 2.05) is 12.1 Å². The molecule has 0 saturated heterocycles. The lowest BCUT2D eigenvalue weighted by atomic mass is 9.93.